The molecule has 0 aliphatic carbocycles. The van der Waals surface area contributed by atoms with Crippen LogP contribution < -0.4 is 5.32 Å². The first-order valence-electron chi connectivity index (χ1n) is 11.6. The summed E-state index contributed by atoms with van der Waals surface area (Å²) in [5, 5.41) is 4.28. The van der Waals surface area contributed by atoms with E-state index in [1.165, 1.54) is 6.07 Å². The van der Waals surface area contributed by atoms with E-state index in [0.29, 0.717) is 50.0 Å². The van der Waals surface area contributed by atoms with Crippen LogP contribution in [0.1, 0.15) is 21.5 Å². The summed E-state index contributed by atoms with van der Waals surface area (Å²) in [6.07, 6.45) is 0. The van der Waals surface area contributed by atoms with E-state index in [2.05, 4.69) is 15.3 Å². The van der Waals surface area contributed by atoms with Crippen molar-refractivity contribution in [1.29, 1.82) is 0 Å². The normalized spacial score (nSPS) is 13.5. The van der Waals surface area contributed by atoms with Gasteiger partial charge in [-0.2, -0.15) is 0 Å². The number of halogens is 2. The largest absolute Gasteiger partial charge is 0.306 e. The number of pyridine rings is 1. The molecule has 0 radical (unpaired) electrons. The van der Waals surface area contributed by atoms with Gasteiger partial charge in [0, 0.05) is 27.1 Å². The molecule has 1 aliphatic heterocycles. The van der Waals surface area contributed by atoms with Gasteiger partial charge in [0.2, 0.25) is 0 Å². The maximum Gasteiger partial charge on any atom is 0.257 e. The van der Waals surface area contributed by atoms with Gasteiger partial charge in [-0.25, -0.2) is 19.4 Å². The molecule has 0 saturated heterocycles. The molecular formula is C30H18ClFN4O. The Morgan fingerprint density at radius 2 is 1.54 bits per heavy atom. The Bertz CT molecular complexity index is 1750. The number of hydrogen-bond donors (Lipinski definition) is 1. The summed E-state index contributed by atoms with van der Waals surface area (Å²) in [7, 11) is 0. The molecule has 0 fully saturated rings. The van der Waals surface area contributed by atoms with Gasteiger partial charge in [0.25, 0.3) is 5.91 Å². The molecule has 37 heavy (non-hydrogen) atoms. The summed E-state index contributed by atoms with van der Waals surface area (Å²) < 4.78 is 14.3. The first kappa shape index (κ1) is 22.8. The summed E-state index contributed by atoms with van der Waals surface area (Å²) in [6.45, 7) is 0. The summed E-state index contributed by atoms with van der Waals surface area (Å²) in [4.78, 5) is 27.4. The Kier molecular flexibility index (Phi) is 5.79. The fourth-order valence-corrected chi connectivity index (χ4v) is 4.38. The third-order valence-corrected chi connectivity index (χ3v) is 6.30. The number of amidine groups is 2. The van der Waals surface area contributed by atoms with E-state index in [9.17, 15) is 9.18 Å². The molecule has 0 saturated carbocycles. The topological polar surface area (TPSA) is 66.7 Å². The number of fused-ring (bicyclic) bond motifs is 2. The Morgan fingerprint density at radius 1 is 0.838 bits per heavy atom. The van der Waals surface area contributed by atoms with E-state index in [-0.39, 0.29) is 11.6 Å². The molecule has 1 N–H and O–H groups in total. The number of carbonyl (C=O) groups is 1. The highest BCUT2D eigenvalue weighted by atomic mass is 35.5. The molecule has 6 rings (SSSR count). The number of para-hydroxylation sites is 2. The van der Waals surface area contributed by atoms with Crippen molar-refractivity contribution in [2.45, 2.75) is 0 Å². The van der Waals surface area contributed by atoms with Gasteiger partial charge < -0.3 is 5.32 Å². The molecular weight excluding hydrogens is 487 g/mol. The highest BCUT2D eigenvalue weighted by molar-refractivity contribution is 6.30. The van der Waals surface area contributed by atoms with Gasteiger partial charge in [0.1, 0.15) is 17.3 Å². The number of nitrogens with zero attached hydrogens (tertiary/aromatic N) is 3. The van der Waals surface area contributed by atoms with Crippen molar-refractivity contribution >= 4 is 45.8 Å². The molecule has 0 bridgehead atoms. The fraction of sp³-hybridized carbons (Fsp3) is 0. The quantitative estimate of drug-likeness (QED) is 0.288. The van der Waals surface area contributed by atoms with Crippen molar-refractivity contribution in [3.63, 3.8) is 0 Å². The third kappa shape index (κ3) is 4.39. The van der Waals surface area contributed by atoms with E-state index in [0.717, 1.165) is 5.56 Å². The van der Waals surface area contributed by atoms with Gasteiger partial charge in [0.15, 0.2) is 5.84 Å². The molecule has 1 aromatic heterocycles. The second-order valence-corrected chi connectivity index (χ2v) is 8.86. The molecule has 178 valence electrons. The van der Waals surface area contributed by atoms with Crippen LogP contribution in [-0.2, 0) is 0 Å². The van der Waals surface area contributed by atoms with Gasteiger partial charge in [-0.05, 0) is 36.4 Å². The van der Waals surface area contributed by atoms with Crippen LogP contribution in [0.3, 0.4) is 0 Å². The first-order chi connectivity index (χ1) is 18.1. The van der Waals surface area contributed by atoms with Crippen molar-refractivity contribution < 1.29 is 9.18 Å². The van der Waals surface area contributed by atoms with Crippen LogP contribution in [0.2, 0.25) is 5.02 Å². The highest BCUT2D eigenvalue weighted by Gasteiger charge is 2.24. The second kappa shape index (κ2) is 9.41. The van der Waals surface area contributed by atoms with E-state index in [4.69, 9.17) is 16.6 Å². The third-order valence-electron chi connectivity index (χ3n) is 6.05. The van der Waals surface area contributed by atoms with Crippen molar-refractivity contribution in [1.82, 2.24) is 10.3 Å². The number of benzene rings is 4. The molecule has 1 amide bonds. The summed E-state index contributed by atoms with van der Waals surface area (Å²) in [6, 6.07) is 30.2. The second-order valence-electron chi connectivity index (χ2n) is 8.43. The molecule has 4 aromatic carbocycles. The van der Waals surface area contributed by atoms with Crippen LogP contribution >= 0.6 is 11.6 Å². The monoisotopic (exact) mass is 504 g/mol. The van der Waals surface area contributed by atoms with Crippen LogP contribution in [0.4, 0.5) is 10.1 Å². The molecule has 2 heterocycles. The van der Waals surface area contributed by atoms with Gasteiger partial charge in [-0.3, -0.25) is 4.79 Å². The Balaban J connectivity index is 1.41. The van der Waals surface area contributed by atoms with Crippen LogP contribution in [0.5, 0.6) is 0 Å². The minimum absolute atomic E-state index is 0.177. The smallest absolute Gasteiger partial charge is 0.257 e. The predicted octanol–water partition coefficient (Wildman–Crippen LogP) is 6.96. The van der Waals surface area contributed by atoms with Gasteiger partial charge >= 0.3 is 0 Å². The number of nitrogens with one attached hydrogen (secondary N) is 1. The first-order valence-corrected chi connectivity index (χ1v) is 11.9. The minimum atomic E-state index is -0.446. The Morgan fingerprint density at radius 3 is 2.35 bits per heavy atom. The lowest BCUT2D eigenvalue weighted by molar-refractivity contribution is 0.0979. The van der Waals surface area contributed by atoms with Crippen LogP contribution in [-0.4, -0.2) is 22.6 Å². The van der Waals surface area contributed by atoms with E-state index in [1.807, 2.05) is 60.7 Å². The van der Waals surface area contributed by atoms with E-state index >= 15 is 0 Å². The lowest BCUT2D eigenvalue weighted by Gasteiger charge is -2.11. The van der Waals surface area contributed by atoms with Gasteiger partial charge in [-0.1, -0.05) is 78.3 Å². The molecule has 0 atom stereocenters. The minimum Gasteiger partial charge on any atom is -0.306 e. The van der Waals surface area contributed by atoms with Gasteiger partial charge in [0.05, 0.1) is 16.8 Å². The number of aromatic nitrogens is 1. The standard InChI is InChI=1S/C30H18ClFN4O/c31-19-15-13-18(14-16-19)27-17-23(20-7-3-5-11-25(20)33-27)30(37)36-29-22-9-2-1-8-21(22)28(35-29)34-26-12-6-4-10-24(26)32/h1-17H,(H,34,35,36,37). The van der Waals surface area contributed by atoms with Crippen molar-refractivity contribution in [3.8, 4) is 11.3 Å². The number of hydrogen-bond acceptors (Lipinski definition) is 3. The molecule has 7 heteroatoms. The Labute approximate surface area is 217 Å². The molecule has 1 aliphatic rings. The van der Waals surface area contributed by atoms with Crippen LogP contribution in [0.25, 0.3) is 22.2 Å². The number of rotatable bonds is 3. The van der Waals surface area contributed by atoms with Crippen LogP contribution in [0, 0.1) is 5.82 Å². The lowest BCUT2D eigenvalue weighted by Crippen LogP contribution is -2.30. The van der Waals surface area contributed by atoms with Crippen LogP contribution in [0.15, 0.2) is 113 Å². The van der Waals surface area contributed by atoms with Crippen molar-refractivity contribution in [2.75, 3.05) is 0 Å². The van der Waals surface area contributed by atoms with E-state index < -0.39 is 5.82 Å². The zero-order valence-electron chi connectivity index (χ0n) is 19.3. The molecule has 0 spiro atoms. The maximum atomic E-state index is 14.3. The van der Waals surface area contributed by atoms with E-state index in [1.54, 1.807) is 36.4 Å². The highest BCUT2D eigenvalue weighted by Crippen LogP contribution is 2.27. The average Bonchev–Trinajstić information content (AvgIpc) is 3.26. The zero-order chi connectivity index (χ0) is 25.4. The maximum absolute atomic E-state index is 14.3. The zero-order valence-corrected chi connectivity index (χ0v) is 20.1. The summed E-state index contributed by atoms with van der Waals surface area (Å²) in [5.74, 6) is -0.102. The molecule has 0 unspecified atom stereocenters. The van der Waals surface area contributed by atoms with Crippen molar-refractivity contribution in [2.24, 2.45) is 9.98 Å². The molecule has 5 nitrogen and oxygen atoms in total. The predicted molar refractivity (Wildman–Crippen MR) is 145 cm³/mol. The number of carbonyl (C=O) groups excluding carboxylic acids is 1. The van der Waals surface area contributed by atoms with Gasteiger partial charge in [-0.15, -0.1) is 0 Å². The SMILES string of the molecule is O=C(NC1=NC(=Nc2ccccc2F)c2ccccc21)c1cc(-c2ccc(Cl)cc2)nc2ccccc12. The summed E-state index contributed by atoms with van der Waals surface area (Å²) in [5.41, 5.74) is 4.23. The summed E-state index contributed by atoms with van der Waals surface area (Å²) >= 11 is 6.06. The average molecular weight is 505 g/mol. The Hall–Kier alpha value is -4.68. The lowest BCUT2D eigenvalue weighted by atomic mass is 10.0. The van der Waals surface area contributed by atoms with Crippen molar-refractivity contribution in [3.05, 3.63) is 131 Å². The molecule has 5 aromatic rings. The fourth-order valence-electron chi connectivity index (χ4n) is 4.25. The number of amides is 1. The number of aliphatic imine (C=N–C) groups is 2.